The number of hydrogen-bond acceptors (Lipinski definition) is 6. The lowest BCUT2D eigenvalue weighted by Crippen LogP contribution is -2.33. The van der Waals surface area contributed by atoms with Crippen molar-refractivity contribution in [3.63, 3.8) is 0 Å². The molecule has 0 saturated heterocycles. The maximum absolute atomic E-state index is 5.85. The number of methoxy groups -OCH3 is 2. The molecule has 2 heterocycles. The molecule has 32 heavy (non-hydrogen) atoms. The zero-order valence-corrected chi connectivity index (χ0v) is 19.4. The summed E-state index contributed by atoms with van der Waals surface area (Å²) in [5.74, 6) is 2.54. The Morgan fingerprint density at radius 3 is 2.62 bits per heavy atom. The van der Waals surface area contributed by atoms with Crippen molar-refractivity contribution in [2.45, 2.75) is 39.2 Å². The van der Waals surface area contributed by atoms with E-state index in [2.05, 4.69) is 41.3 Å². The van der Waals surface area contributed by atoms with Crippen molar-refractivity contribution in [2.75, 3.05) is 20.8 Å². The average molecular weight is 435 g/mol. The summed E-state index contributed by atoms with van der Waals surface area (Å²) in [4.78, 5) is 9.06. The van der Waals surface area contributed by atoms with Gasteiger partial charge in [-0.2, -0.15) is 0 Å². The fraction of sp³-hybridized carbons (Fsp3) is 0.346. The van der Waals surface area contributed by atoms with Crippen LogP contribution in [0.5, 0.6) is 5.88 Å². The minimum absolute atomic E-state index is 0.454. The Bertz CT molecular complexity index is 1100. The van der Waals surface area contributed by atoms with Gasteiger partial charge in [0.25, 0.3) is 0 Å². The van der Waals surface area contributed by atoms with Crippen molar-refractivity contribution < 1.29 is 18.6 Å². The second-order valence-electron chi connectivity index (χ2n) is 7.82. The smallest absolute Gasteiger partial charge is 0.226 e. The molecule has 0 bridgehead atoms. The van der Waals surface area contributed by atoms with Gasteiger partial charge in [0, 0.05) is 37.8 Å². The quantitative estimate of drug-likeness (QED) is 0.321. The van der Waals surface area contributed by atoms with Crippen LogP contribution in [0.1, 0.15) is 29.5 Å². The molecule has 0 aliphatic heterocycles. The van der Waals surface area contributed by atoms with Gasteiger partial charge in [0.1, 0.15) is 11.4 Å². The minimum atomic E-state index is -0.667. The Labute approximate surface area is 189 Å². The molecule has 1 aromatic carbocycles. The molecular weight excluding hydrogens is 404 g/mol. The zero-order chi connectivity index (χ0) is 23.1. The Kier molecular flexibility index (Phi) is 7.52. The van der Waals surface area contributed by atoms with E-state index < -0.39 is 5.60 Å². The monoisotopic (exact) mass is 434 g/mol. The molecule has 0 spiro atoms. The van der Waals surface area contributed by atoms with Crippen molar-refractivity contribution in [1.82, 2.24) is 9.97 Å². The van der Waals surface area contributed by atoms with Gasteiger partial charge in [-0.05, 0) is 38.5 Å². The first-order valence-electron chi connectivity index (χ1n) is 10.5. The summed E-state index contributed by atoms with van der Waals surface area (Å²) in [6, 6.07) is 11.9. The van der Waals surface area contributed by atoms with Crippen molar-refractivity contribution in [2.24, 2.45) is 0 Å². The zero-order valence-electron chi connectivity index (χ0n) is 19.4. The van der Waals surface area contributed by atoms with Gasteiger partial charge in [-0.1, -0.05) is 36.1 Å². The third kappa shape index (κ3) is 5.47. The van der Waals surface area contributed by atoms with E-state index in [1.807, 2.05) is 38.1 Å². The van der Waals surface area contributed by atoms with Crippen LogP contribution in [0.25, 0.3) is 11.5 Å². The summed E-state index contributed by atoms with van der Waals surface area (Å²) in [6.45, 7) is 10.0. The van der Waals surface area contributed by atoms with E-state index in [1.54, 1.807) is 20.4 Å². The molecule has 3 aromatic rings. The largest absolute Gasteiger partial charge is 0.490 e. The minimum Gasteiger partial charge on any atom is -0.490 e. The molecule has 0 aliphatic carbocycles. The lowest BCUT2D eigenvalue weighted by molar-refractivity contribution is -0.00402. The number of benzene rings is 1. The van der Waals surface area contributed by atoms with Crippen LogP contribution in [0.3, 0.4) is 0 Å². The number of ether oxygens (including phenoxy) is 3. The number of oxazole rings is 1. The number of nitrogens with zero attached hydrogens (tertiary/aromatic N) is 2. The van der Waals surface area contributed by atoms with Gasteiger partial charge in [0.2, 0.25) is 11.8 Å². The van der Waals surface area contributed by atoms with Crippen LogP contribution in [-0.4, -0.2) is 36.4 Å². The normalized spacial score (nSPS) is 12.7. The van der Waals surface area contributed by atoms with Gasteiger partial charge in [0.05, 0.1) is 19.4 Å². The molecule has 6 nitrogen and oxygen atoms in total. The molecule has 2 aromatic heterocycles. The first kappa shape index (κ1) is 23.3. The molecule has 0 fully saturated rings. The average Bonchev–Trinajstić information content (AvgIpc) is 3.16. The van der Waals surface area contributed by atoms with E-state index in [4.69, 9.17) is 18.6 Å². The van der Waals surface area contributed by atoms with Crippen molar-refractivity contribution in [1.29, 1.82) is 0 Å². The predicted octanol–water partition coefficient (Wildman–Crippen LogP) is 5.24. The Balaban J connectivity index is 1.59. The van der Waals surface area contributed by atoms with Gasteiger partial charge >= 0.3 is 0 Å². The van der Waals surface area contributed by atoms with Gasteiger partial charge in [-0.3, -0.25) is 0 Å². The Morgan fingerprint density at radius 2 is 2.00 bits per heavy atom. The molecule has 3 rings (SSSR count). The number of hydrogen-bond donors (Lipinski definition) is 0. The molecule has 6 heteroatoms. The summed E-state index contributed by atoms with van der Waals surface area (Å²) in [5, 5.41) is 0. The molecule has 168 valence electrons. The second kappa shape index (κ2) is 10.3. The number of aromatic nitrogens is 2. The van der Waals surface area contributed by atoms with Crippen molar-refractivity contribution >= 4 is 0 Å². The van der Waals surface area contributed by atoms with E-state index >= 15 is 0 Å². The topological polar surface area (TPSA) is 66.6 Å². The van der Waals surface area contributed by atoms with Crippen LogP contribution in [0.2, 0.25) is 0 Å². The van der Waals surface area contributed by atoms with Crippen molar-refractivity contribution in [3.05, 3.63) is 83.2 Å². The molecule has 1 atom stereocenters. The van der Waals surface area contributed by atoms with Crippen LogP contribution in [0.15, 0.2) is 65.1 Å². The molecule has 0 radical (unpaired) electrons. The highest BCUT2D eigenvalue weighted by Gasteiger charge is 2.30. The van der Waals surface area contributed by atoms with E-state index in [9.17, 15) is 0 Å². The molecular formula is C26H30N2O4. The molecule has 1 unspecified atom stereocenters. The standard InChI is InChI=1S/C26H30N2O4/c1-7-23(29-5)26(4,30-6)16-20-11-12-24(27-17-20)31-14-13-22-19(3)32-25(28-22)21-10-8-9-18(2)15-21/h8-12,15,17H,1,13-14,16H2,2-6H3. The van der Waals surface area contributed by atoms with Crippen LogP contribution in [-0.2, 0) is 22.3 Å². The van der Waals surface area contributed by atoms with E-state index in [-0.39, 0.29) is 0 Å². The summed E-state index contributed by atoms with van der Waals surface area (Å²) in [5.41, 5.74) is 6.15. The fourth-order valence-corrected chi connectivity index (χ4v) is 3.52. The third-order valence-electron chi connectivity index (χ3n) is 5.38. The highest BCUT2D eigenvalue weighted by Crippen LogP contribution is 2.26. The number of rotatable bonds is 10. The van der Waals surface area contributed by atoms with Crippen LogP contribution < -0.4 is 4.74 Å². The maximum Gasteiger partial charge on any atom is 0.226 e. The molecule has 0 saturated carbocycles. The summed E-state index contributed by atoms with van der Waals surface area (Å²) in [6.07, 6.45) is 2.98. The molecule has 0 N–H and O–H groups in total. The first-order valence-corrected chi connectivity index (χ1v) is 10.5. The van der Waals surface area contributed by atoms with Gasteiger partial charge in [0.15, 0.2) is 5.76 Å². The lowest BCUT2D eigenvalue weighted by atomic mass is 9.95. The van der Waals surface area contributed by atoms with Gasteiger partial charge < -0.3 is 18.6 Å². The number of pyridine rings is 1. The van der Waals surface area contributed by atoms with E-state index in [0.717, 1.165) is 22.6 Å². The van der Waals surface area contributed by atoms with Gasteiger partial charge in [-0.25, -0.2) is 9.97 Å². The Hall–Kier alpha value is -3.34. The molecule has 0 amide bonds. The second-order valence-corrected chi connectivity index (χ2v) is 7.82. The summed E-state index contributed by atoms with van der Waals surface area (Å²) < 4.78 is 22.7. The highest BCUT2D eigenvalue weighted by atomic mass is 16.5. The van der Waals surface area contributed by atoms with Crippen molar-refractivity contribution in [3.8, 4) is 17.3 Å². The predicted molar refractivity (Wildman–Crippen MR) is 124 cm³/mol. The summed E-state index contributed by atoms with van der Waals surface area (Å²) >= 11 is 0. The summed E-state index contributed by atoms with van der Waals surface area (Å²) in [7, 11) is 3.22. The maximum atomic E-state index is 5.85. The van der Waals surface area contributed by atoms with Crippen LogP contribution in [0, 0.1) is 13.8 Å². The van der Waals surface area contributed by atoms with Gasteiger partial charge in [-0.15, -0.1) is 0 Å². The third-order valence-corrected chi connectivity index (χ3v) is 5.38. The van der Waals surface area contributed by atoms with E-state index in [0.29, 0.717) is 37.0 Å². The van der Waals surface area contributed by atoms with Crippen LogP contribution in [0.4, 0.5) is 0 Å². The highest BCUT2D eigenvalue weighted by molar-refractivity contribution is 5.54. The Morgan fingerprint density at radius 1 is 1.19 bits per heavy atom. The molecule has 0 aliphatic rings. The number of aryl methyl sites for hydroxylation is 2. The SMILES string of the molecule is C=C=C(OC)C(C)(Cc1ccc(OCCc2nc(-c3cccc(C)c3)oc2C)nc1)OC. The lowest BCUT2D eigenvalue weighted by Gasteiger charge is -2.28. The van der Waals surface area contributed by atoms with E-state index in [1.165, 1.54) is 5.56 Å². The van der Waals surface area contributed by atoms with Crippen LogP contribution >= 0.6 is 0 Å². The first-order chi connectivity index (χ1) is 15.4. The fourth-order valence-electron chi connectivity index (χ4n) is 3.52.